The van der Waals surface area contributed by atoms with Gasteiger partial charge in [0.1, 0.15) is 12.1 Å². The predicted octanol–water partition coefficient (Wildman–Crippen LogP) is 4.90. The van der Waals surface area contributed by atoms with E-state index in [0.29, 0.717) is 40.5 Å². The summed E-state index contributed by atoms with van der Waals surface area (Å²) in [7, 11) is 0. The van der Waals surface area contributed by atoms with Crippen molar-refractivity contribution in [1.29, 1.82) is 0 Å². The molecule has 1 saturated heterocycles. The van der Waals surface area contributed by atoms with Crippen LogP contribution in [0.1, 0.15) is 36.8 Å². The van der Waals surface area contributed by atoms with Gasteiger partial charge in [-0.15, -0.1) is 0 Å². The number of anilines is 2. The molecule has 1 aromatic heterocycles. The normalized spacial score (nSPS) is 18.4. The van der Waals surface area contributed by atoms with E-state index in [2.05, 4.69) is 37.6 Å². The minimum Gasteiger partial charge on any atom is -0.461 e. The SMILES string of the molecule is Nc1ncc(-c2ccc(CN3CCN[C@H](C(=O)OC4CCCC4)C3)cc2)nc1NCc1c(Cl)cccc1Cl. The van der Waals surface area contributed by atoms with Crippen LogP contribution in [0.2, 0.25) is 10.0 Å². The first kappa shape index (κ1) is 26.7. The van der Waals surface area contributed by atoms with Gasteiger partial charge in [0.15, 0.2) is 11.6 Å². The highest BCUT2D eigenvalue weighted by atomic mass is 35.5. The molecule has 38 heavy (non-hydrogen) atoms. The molecule has 2 heterocycles. The first-order chi connectivity index (χ1) is 18.5. The Balaban J connectivity index is 1.20. The number of hydrogen-bond donors (Lipinski definition) is 3. The highest BCUT2D eigenvalue weighted by Crippen LogP contribution is 2.27. The first-order valence-corrected chi connectivity index (χ1v) is 13.8. The van der Waals surface area contributed by atoms with Gasteiger partial charge in [-0.3, -0.25) is 9.69 Å². The van der Waals surface area contributed by atoms with Gasteiger partial charge in [0.2, 0.25) is 0 Å². The maximum atomic E-state index is 12.6. The van der Waals surface area contributed by atoms with E-state index in [4.69, 9.17) is 33.7 Å². The third-order valence-electron chi connectivity index (χ3n) is 7.08. The van der Waals surface area contributed by atoms with E-state index < -0.39 is 0 Å². The van der Waals surface area contributed by atoms with E-state index in [0.717, 1.165) is 62.0 Å². The van der Waals surface area contributed by atoms with Gasteiger partial charge in [0.25, 0.3) is 0 Å². The second-order valence-corrected chi connectivity index (χ2v) is 10.6. The molecule has 0 bridgehead atoms. The predicted molar refractivity (Wildman–Crippen MR) is 151 cm³/mol. The molecule has 0 spiro atoms. The molecular formula is C28H32Cl2N6O2. The van der Waals surface area contributed by atoms with E-state index in [1.807, 2.05) is 12.1 Å². The quantitative estimate of drug-likeness (QED) is 0.337. The van der Waals surface area contributed by atoms with Gasteiger partial charge in [0, 0.05) is 53.9 Å². The molecule has 8 nitrogen and oxygen atoms in total. The molecule has 5 rings (SSSR count). The standard InChI is InChI=1S/C28H32Cl2N6O2/c29-22-6-3-7-23(30)21(22)14-34-27-26(31)33-15-24(35-27)19-10-8-18(9-11-19)16-36-13-12-32-25(17-36)28(37)38-20-4-1-2-5-20/h3,6-11,15,20,25,32H,1-2,4-5,12-14,16-17H2,(H2,31,33)(H,34,35)/t25-/m0/s1. The fraction of sp³-hybridized carbons (Fsp3) is 0.393. The minimum absolute atomic E-state index is 0.0910. The van der Waals surface area contributed by atoms with Crippen LogP contribution in [-0.4, -0.2) is 52.6 Å². The van der Waals surface area contributed by atoms with Crippen LogP contribution in [0.4, 0.5) is 11.6 Å². The summed E-state index contributed by atoms with van der Waals surface area (Å²) in [4.78, 5) is 23.9. The largest absolute Gasteiger partial charge is 0.461 e. The zero-order chi connectivity index (χ0) is 26.5. The first-order valence-electron chi connectivity index (χ1n) is 13.0. The van der Waals surface area contributed by atoms with Crippen LogP contribution in [0.3, 0.4) is 0 Å². The fourth-order valence-electron chi connectivity index (χ4n) is 4.95. The number of carbonyl (C=O) groups is 1. The summed E-state index contributed by atoms with van der Waals surface area (Å²) in [6, 6.07) is 13.3. The smallest absolute Gasteiger partial charge is 0.324 e. The molecule has 4 N–H and O–H groups in total. The summed E-state index contributed by atoms with van der Waals surface area (Å²) in [5.41, 5.74) is 9.63. The van der Waals surface area contributed by atoms with E-state index >= 15 is 0 Å². The van der Waals surface area contributed by atoms with Crippen LogP contribution < -0.4 is 16.4 Å². The van der Waals surface area contributed by atoms with Crippen molar-refractivity contribution in [2.75, 3.05) is 30.7 Å². The van der Waals surface area contributed by atoms with E-state index in [1.165, 1.54) is 0 Å². The Hall–Kier alpha value is -2.91. The minimum atomic E-state index is -0.278. The third kappa shape index (κ3) is 6.56. The van der Waals surface area contributed by atoms with E-state index in [9.17, 15) is 4.79 Å². The summed E-state index contributed by atoms with van der Waals surface area (Å²) in [5.74, 6) is 0.646. The van der Waals surface area contributed by atoms with E-state index in [-0.39, 0.29) is 18.1 Å². The average molecular weight is 556 g/mol. The van der Waals surface area contributed by atoms with Gasteiger partial charge in [-0.25, -0.2) is 9.97 Å². The Morgan fingerprint density at radius 2 is 1.87 bits per heavy atom. The Kier molecular flexibility index (Phi) is 8.64. The number of esters is 1. The highest BCUT2D eigenvalue weighted by molar-refractivity contribution is 6.36. The topological polar surface area (TPSA) is 105 Å². The van der Waals surface area contributed by atoms with Crippen molar-refractivity contribution >= 4 is 40.8 Å². The number of carbonyl (C=O) groups excluding carboxylic acids is 1. The van der Waals surface area contributed by atoms with Gasteiger partial charge >= 0.3 is 5.97 Å². The molecule has 1 saturated carbocycles. The molecule has 1 atom stereocenters. The maximum absolute atomic E-state index is 12.6. The number of hydrogen-bond acceptors (Lipinski definition) is 8. The molecule has 1 aliphatic heterocycles. The maximum Gasteiger partial charge on any atom is 0.324 e. The molecule has 0 amide bonds. The summed E-state index contributed by atoms with van der Waals surface area (Å²) < 4.78 is 5.72. The summed E-state index contributed by atoms with van der Waals surface area (Å²) in [5, 5.41) is 7.67. The van der Waals surface area contributed by atoms with Gasteiger partial charge in [0.05, 0.1) is 11.9 Å². The number of ether oxygens (including phenoxy) is 1. The van der Waals surface area contributed by atoms with Crippen molar-refractivity contribution in [3.63, 3.8) is 0 Å². The van der Waals surface area contributed by atoms with Gasteiger partial charge in [-0.05, 0) is 43.4 Å². The second-order valence-electron chi connectivity index (χ2n) is 9.82. The lowest BCUT2D eigenvalue weighted by Crippen LogP contribution is -2.54. The lowest BCUT2D eigenvalue weighted by atomic mass is 10.1. The Bertz CT molecular complexity index is 1250. The molecule has 3 aromatic rings. The molecule has 0 radical (unpaired) electrons. The molecule has 2 fully saturated rings. The van der Waals surface area contributed by atoms with Crippen LogP contribution >= 0.6 is 23.2 Å². The molecule has 1 aliphatic carbocycles. The number of aromatic nitrogens is 2. The van der Waals surface area contributed by atoms with E-state index in [1.54, 1.807) is 24.4 Å². The molecule has 200 valence electrons. The van der Waals surface area contributed by atoms with Crippen LogP contribution in [-0.2, 0) is 22.6 Å². The molecule has 2 aliphatic rings. The molecule has 0 unspecified atom stereocenters. The fourth-order valence-corrected chi connectivity index (χ4v) is 5.48. The number of halogens is 2. The van der Waals surface area contributed by atoms with Crippen LogP contribution in [0, 0.1) is 0 Å². The molecular weight excluding hydrogens is 523 g/mol. The van der Waals surface area contributed by atoms with Gasteiger partial charge in [-0.2, -0.15) is 0 Å². The van der Waals surface area contributed by atoms with Gasteiger partial charge < -0.3 is 21.1 Å². The number of piperazine rings is 1. The Morgan fingerprint density at radius 3 is 2.61 bits per heavy atom. The van der Waals surface area contributed by atoms with Gasteiger partial charge in [-0.1, -0.05) is 53.5 Å². The molecule has 10 heteroatoms. The highest BCUT2D eigenvalue weighted by Gasteiger charge is 2.29. The van der Waals surface area contributed by atoms with Crippen LogP contribution in [0.15, 0.2) is 48.7 Å². The number of benzene rings is 2. The van der Waals surface area contributed by atoms with Crippen molar-refractivity contribution in [3.05, 3.63) is 69.8 Å². The second kappa shape index (κ2) is 12.3. The Morgan fingerprint density at radius 1 is 1.13 bits per heavy atom. The Labute approximate surface area is 232 Å². The van der Waals surface area contributed by atoms with Crippen molar-refractivity contribution in [2.24, 2.45) is 0 Å². The third-order valence-corrected chi connectivity index (χ3v) is 7.79. The van der Waals surface area contributed by atoms with Crippen molar-refractivity contribution in [2.45, 2.75) is 50.9 Å². The summed E-state index contributed by atoms with van der Waals surface area (Å²) >= 11 is 12.6. The number of nitrogens with zero attached hydrogens (tertiary/aromatic N) is 3. The van der Waals surface area contributed by atoms with Crippen LogP contribution in [0.25, 0.3) is 11.3 Å². The summed E-state index contributed by atoms with van der Waals surface area (Å²) in [6.45, 7) is 3.41. The monoisotopic (exact) mass is 554 g/mol. The lowest BCUT2D eigenvalue weighted by molar-refractivity contribution is -0.152. The zero-order valence-electron chi connectivity index (χ0n) is 21.1. The van der Waals surface area contributed by atoms with Crippen molar-refractivity contribution < 1.29 is 9.53 Å². The lowest BCUT2D eigenvalue weighted by Gasteiger charge is -2.33. The summed E-state index contributed by atoms with van der Waals surface area (Å²) in [6.07, 6.45) is 6.02. The average Bonchev–Trinajstić information content (AvgIpc) is 3.43. The van der Waals surface area contributed by atoms with Crippen molar-refractivity contribution in [3.8, 4) is 11.3 Å². The zero-order valence-corrected chi connectivity index (χ0v) is 22.6. The number of nitrogens with two attached hydrogens (primary N) is 1. The van der Waals surface area contributed by atoms with Crippen LogP contribution in [0.5, 0.6) is 0 Å². The number of rotatable bonds is 8. The number of nitrogen functional groups attached to an aromatic ring is 1. The van der Waals surface area contributed by atoms with Crippen molar-refractivity contribution in [1.82, 2.24) is 20.2 Å². The molecule has 2 aromatic carbocycles. The number of nitrogens with one attached hydrogen (secondary N) is 2.